The van der Waals surface area contributed by atoms with Gasteiger partial charge in [-0.05, 0) is 117 Å². The quantitative estimate of drug-likeness (QED) is 0.275. The summed E-state index contributed by atoms with van der Waals surface area (Å²) in [7, 11) is -3.37. The molecule has 238 valence electrons. The Morgan fingerprint density at radius 3 is 2.27 bits per heavy atom. The monoisotopic (exact) mass is 632 g/mol. The predicted molar refractivity (Wildman–Crippen MR) is 170 cm³/mol. The Bertz CT molecular complexity index is 1740. The van der Waals surface area contributed by atoms with Crippen LogP contribution >= 0.6 is 0 Å². The van der Waals surface area contributed by atoms with Crippen molar-refractivity contribution in [3.8, 4) is 11.1 Å². The van der Waals surface area contributed by atoms with E-state index in [1.165, 1.54) is 0 Å². The number of anilines is 2. The van der Waals surface area contributed by atoms with Gasteiger partial charge in [-0.1, -0.05) is 36.3 Å². The van der Waals surface area contributed by atoms with Gasteiger partial charge in [0.25, 0.3) is 0 Å². The highest BCUT2D eigenvalue weighted by molar-refractivity contribution is 7.92. The molecule has 7 saturated carbocycles. The van der Waals surface area contributed by atoms with Crippen molar-refractivity contribution >= 4 is 27.3 Å². The molecule has 3 aromatic rings. The van der Waals surface area contributed by atoms with E-state index in [1.54, 1.807) is 12.1 Å². The molecular formula is C35H41FN4O4S. The summed E-state index contributed by atoms with van der Waals surface area (Å²) in [6.07, 6.45) is 10.0. The number of fused-ring (bicyclic) bond motifs is 4. The molecule has 0 saturated heterocycles. The van der Waals surface area contributed by atoms with Crippen molar-refractivity contribution in [1.29, 1.82) is 0 Å². The fourth-order valence-electron chi connectivity index (χ4n) is 8.79. The van der Waals surface area contributed by atoms with E-state index < -0.39 is 21.6 Å². The lowest BCUT2D eigenvalue weighted by molar-refractivity contribution is -0.132. The molecule has 45 heavy (non-hydrogen) atoms. The molecular weight excluding hydrogens is 591 g/mol. The number of alkyl halides is 1. The molecule has 0 aliphatic heterocycles. The third-order valence-electron chi connectivity index (χ3n) is 12.1. The lowest BCUT2D eigenvalue weighted by Crippen LogP contribution is -2.54. The molecule has 7 fully saturated rings. The summed E-state index contributed by atoms with van der Waals surface area (Å²) < 4.78 is 46.3. The first-order chi connectivity index (χ1) is 21.4. The van der Waals surface area contributed by atoms with Gasteiger partial charge in [0.15, 0.2) is 5.82 Å². The summed E-state index contributed by atoms with van der Waals surface area (Å²) in [5.74, 6) is 1.74. The molecule has 1 unspecified atom stereocenters. The number of halogens is 1. The second-order valence-corrected chi connectivity index (χ2v) is 17.1. The molecule has 10 rings (SSSR count). The van der Waals surface area contributed by atoms with Crippen molar-refractivity contribution in [1.82, 2.24) is 10.1 Å². The van der Waals surface area contributed by atoms with Crippen LogP contribution in [-0.4, -0.2) is 43.4 Å². The van der Waals surface area contributed by atoms with E-state index in [0.29, 0.717) is 31.5 Å². The van der Waals surface area contributed by atoms with Crippen LogP contribution in [-0.2, 0) is 25.6 Å². The summed E-state index contributed by atoms with van der Waals surface area (Å²) in [6, 6.07) is 15.3. The number of hydrogen-bond donors (Lipinski definition) is 1. The highest BCUT2D eigenvalue weighted by atomic mass is 32.2. The van der Waals surface area contributed by atoms with Gasteiger partial charge in [0, 0.05) is 28.7 Å². The zero-order valence-corrected chi connectivity index (χ0v) is 26.8. The second-order valence-electron chi connectivity index (χ2n) is 15.3. The molecule has 2 aromatic carbocycles. The SMILES string of the molecule is CC1(c2nc(C34CCC(CN(C(=O)C56CC(F)C(C5)C6)c5cccc(-c6ccc(NS(C)(=O)=O)cc6)c5)(CC3)CC4)no2)CC1. The smallest absolute Gasteiger partial charge is 0.233 e. The van der Waals surface area contributed by atoms with Crippen LogP contribution in [0.4, 0.5) is 15.8 Å². The summed E-state index contributed by atoms with van der Waals surface area (Å²) in [5, 5.41) is 4.49. The average molecular weight is 633 g/mol. The Kier molecular flexibility index (Phi) is 6.39. The minimum Gasteiger partial charge on any atom is -0.339 e. The summed E-state index contributed by atoms with van der Waals surface area (Å²) in [6.45, 7) is 2.82. The van der Waals surface area contributed by atoms with Gasteiger partial charge in [0.1, 0.15) is 6.17 Å². The molecule has 0 radical (unpaired) electrons. The van der Waals surface area contributed by atoms with Crippen molar-refractivity contribution < 1.29 is 22.1 Å². The number of rotatable bonds is 9. The van der Waals surface area contributed by atoms with Crippen molar-refractivity contribution in [2.24, 2.45) is 16.7 Å². The van der Waals surface area contributed by atoms with Crippen molar-refractivity contribution in [3.63, 3.8) is 0 Å². The predicted octanol–water partition coefficient (Wildman–Crippen LogP) is 6.92. The fourth-order valence-corrected chi connectivity index (χ4v) is 9.35. The number of nitrogens with one attached hydrogen (secondary N) is 1. The van der Waals surface area contributed by atoms with E-state index in [0.717, 1.165) is 86.2 Å². The largest absolute Gasteiger partial charge is 0.339 e. The number of aromatic nitrogens is 2. The zero-order chi connectivity index (χ0) is 31.2. The molecule has 0 spiro atoms. The number of carbonyl (C=O) groups excluding carboxylic acids is 1. The van der Waals surface area contributed by atoms with E-state index in [2.05, 4.69) is 22.9 Å². The first-order valence-electron chi connectivity index (χ1n) is 16.4. The van der Waals surface area contributed by atoms with Crippen LogP contribution in [0.15, 0.2) is 53.1 Å². The maximum Gasteiger partial charge on any atom is 0.233 e. The Hall–Kier alpha value is -3.27. The molecule has 10 heteroatoms. The Morgan fingerprint density at radius 1 is 0.978 bits per heavy atom. The zero-order valence-electron chi connectivity index (χ0n) is 26.0. The van der Waals surface area contributed by atoms with Crippen LogP contribution in [0, 0.1) is 16.7 Å². The van der Waals surface area contributed by atoms with E-state index >= 15 is 0 Å². The maximum absolute atomic E-state index is 14.7. The van der Waals surface area contributed by atoms with Gasteiger partial charge in [0.2, 0.25) is 21.8 Å². The number of benzene rings is 2. The Morgan fingerprint density at radius 2 is 1.67 bits per heavy atom. The lowest BCUT2D eigenvalue weighted by atomic mass is 9.53. The normalized spacial score (nSPS) is 32.6. The number of carbonyl (C=O) groups is 1. The molecule has 7 aliphatic rings. The average Bonchev–Trinajstić information content (AvgIpc) is 3.33. The van der Waals surface area contributed by atoms with E-state index in [4.69, 9.17) is 9.51 Å². The van der Waals surface area contributed by atoms with E-state index in [9.17, 15) is 17.6 Å². The fraction of sp³-hybridized carbons (Fsp3) is 0.571. The highest BCUT2D eigenvalue weighted by Crippen LogP contribution is 2.62. The molecule has 4 bridgehead atoms. The first kappa shape index (κ1) is 29.2. The number of hydrogen-bond acceptors (Lipinski definition) is 6. The minimum absolute atomic E-state index is 0.00504. The first-order valence-corrected chi connectivity index (χ1v) is 18.3. The molecule has 1 atom stereocenters. The van der Waals surface area contributed by atoms with Crippen LogP contribution in [0.5, 0.6) is 0 Å². The van der Waals surface area contributed by atoms with E-state index in [1.807, 2.05) is 35.2 Å². The topological polar surface area (TPSA) is 105 Å². The Balaban J connectivity index is 1.06. The van der Waals surface area contributed by atoms with Crippen LogP contribution < -0.4 is 9.62 Å². The van der Waals surface area contributed by atoms with Crippen LogP contribution in [0.2, 0.25) is 0 Å². The minimum atomic E-state index is -3.37. The maximum atomic E-state index is 14.7. The lowest BCUT2D eigenvalue weighted by Gasteiger charge is -2.54. The third kappa shape index (κ3) is 4.98. The molecule has 1 aromatic heterocycles. The van der Waals surface area contributed by atoms with Crippen molar-refractivity contribution in [2.75, 3.05) is 22.4 Å². The van der Waals surface area contributed by atoms with Crippen LogP contribution in [0.1, 0.15) is 89.3 Å². The van der Waals surface area contributed by atoms with Gasteiger partial charge in [-0.3, -0.25) is 9.52 Å². The van der Waals surface area contributed by atoms with Gasteiger partial charge in [-0.25, -0.2) is 12.8 Å². The van der Waals surface area contributed by atoms with Gasteiger partial charge in [0.05, 0.1) is 11.7 Å². The number of amides is 1. The number of nitrogens with zero attached hydrogens (tertiary/aromatic N) is 3. The van der Waals surface area contributed by atoms with Gasteiger partial charge < -0.3 is 9.42 Å². The van der Waals surface area contributed by atoms with Crippen LogP contribution in [0.3, 0.4) is 0 Å². The molecule has 1 N–H and O–H groups in total. The van der Waals surface area contributed by atoms with Gasteiger partial charge in [-0.15, -0.1) is 0 Å². The van der Waals surface area contributed by atoms with Gasteiger partial charge >= 0.3 is 0 Å². The third-order valence-corrected chi connectivity index (χ3v) is 12.7. The summed E-state index contributed by atoms with van der Waals surface area (Å²) >= 11 is 0. The number of sulfonamides is 1. The van der Waals surface area contributed by atoms with Gasteiger partial charge in [-0.2, -0.15) is 4.98 Å². The highest BCUT2D eigenvalue weighted by Gasteiger charge is 2.62. The van der Waals surface area contributed by atoms with E-state index in [-0.39, 0.29) is 28.1 Å². The molecule has 1 amide bonds. The van der Waals surface area contributed by atoms with Crippen molar-refractivity contribution in [3.05, 3.63) is 60.2 Å². The van der Waals surface area contributed by atoms with Crippen molar-refractivity contribution in [2.45, 2.75) is 94.6 Å². The van der Waals surface area contributed by atoms with Crippen LogP contribution in [0.25, 0.3) is 11.1 Å². The molecule has 1 heterocycles. The Labute approximate surface area is 264 Å². The summed E-state index contributed by atoms with van der Waals surface area (Å²) in [5.41, 5.74) is 2.61. The standard InChI is InChI=1S/C35H41FN4O4S/c1-32(10-11-32)30-37-29(38-44-30)34-15-12-33(13-16-34,14-17-34)22-40(31(41)35-19-25(20-35)28(36)21-35)27-5-3-4-24(18-27)23-6-8-26(9-7-23)39-45(2,42)43/h3-9,18,25,28,39H,10-17,19-22H2,1-2H3. The molecule has 8 nitrogen and oxygen atoms in total. The molecule has 7 aliphatic carbocycles. The second kappa shape index (κ2) is 9.86. The summed E-state index contributed by atoms with van der Waals surface area (Å²) in [4.78, 5) is 21.4.